The van der Waals surface area contributed by atoms with Crippen LogP contribution in [0.3, 0.4) is 0 Å². The summed E-state index contributed by atoms with van der Waals surface area (Å²) in [6, 6.07) is 20.0. The molecule has 3 heteroatoms. The molecule has 0 saturated carbocycles. The van der Waals surface area contributed by atoms with Gasteiger partial charge in [0.15, 0.2) is 0 Å². The van der Waals surface area contributed by atoms with Gasteiger partial charge in [-0.2, -0.15) is 0 Å². The van der Waals surface area contributed by atoms with E-state index >= 15 is 0 Å². The van der Waals surface area contributed by atoms with Crippen LogP contribution in [-0.4, -0.2) is 11.1 Å². The van der Waals surface area contributed by atoms with Gasteiger partial charge in [-0.1, -0.05) is 49.1 Å². The summed E-state index contributed by atoms with van der Waals surface area (Å²) in [5, 5.41) is 0. The minimum atomic E-state index is 0.127. The third-order valence-corrected chi connectivity index (χ3v) is 3.89. The van der Waals surface area contributed by atoms with Crippen molar-refractivity contribution in [1.29, 1.82) is 0 Å². The zero-order chi connectivity index (χ0) is 18.4. The van der Waals surface area contributed by atoms with Crippen LogP contribution < -0.4 is 9.47 Å². The summed E-state index contributed by atoms with van der Waals surface area (Å²) in [6.07, 6.45) is 3.76. The zero-order valence-electron chi connectivity index (χ0n) is 15.2. The molecular formula is C23H23NO2. The Hall–Kier alpha value is -3.07. The van der Waals surface area contributed by atoms with Crippen molar-refractivity contribution < 1.29 is 9.47 Å². The minimum Gasteiger partial charge on any atom is -0.490 e. The van der Waals surface area contributed by atoms with Crippen LogP contribution in [0.2, 0.25) is 0 Å². The van der Waals surface area contributed by atoms with Gasteiger partial charge in [0.25, 0.3) is 0 Å². The van der Waals surface area contributed by atoms with Gasteiger partial charge in [-0.25, -0.2) is 4.98 Å². The predicted molar refractivity (Wildman–Crippen MR) is 106 cm³/mol. The first-order valence-corrected chi connectivity index (χ1v) is 8.72. The molecule has 1 heterocycles. The highest BCUT2D eigenvalue weighted by Gasteiger charge is 2.07. The van der Waals surface area contributed by atoms with Gasteiger partial charge in [0, 0.05) is 23.4 Å². The first-order chi connectivity index (χ1) is 12.7. The molecule has 0 aliphatic carbocycles. The summed E-state index contributed by atoms with van der Waals surface area (Å²) in [5.41, 5.74) is 4.18. The predicted octanol–water partition coefficient (Wildman–Crippen LogP) is 5.76. The van der Waals surface area contributed by atoms with Crippen LogP contribution in [0.4, 0.5) is 0 Å². The average Bonchev–Trinajstić information content (AvgIpc) is 2.67. The quantitative estimate of drug-likeness (QED) is 0.546. The average molecular weight is 345 g/mol. The monoisotopic (exact) mass is 345 g/mol. The first-order valence-electron chi connectivity index (χ1n) is 8.72. The Labute approximate surface area is 154 Å². The van der Waals surface area contributed by atoms with Crippen molar-refractivity contribution in [3.63, 3.8) is 0 Å². The van der Waals surface area contributed by atoms with E-state index in [1.165, 1.54) is 0 Å². The molecule has 0 amide bonds. The van der Waals surface area contributed by atoms with Gasteiger partial charge in [-0.05, 0) is 43.2 Å². The Morgan fingerprint density at radius 2 is 1.77 bits per heavy atom. The SMILES string of the molecule is C=Cc1cc(-c2ccc(OCc3ccccc3)nc2)ccc1OC(C)C. The Kier molecular flexibility index (Phi) is 5.69. The summed E-state index contributed by atoms with van der Waals surface area (Å²) in [4.78, 5) is 4.42. The van der Waals surface area contributed by atoms with Crippen LogP contribution in [0, 0.1) is 0 Å². The lowest BCUT2D eigenvalue weighted by molar-refractivity contribution is 0.242. The molecule has 0 atom stereocenters. The molecule has 1 aromatic heterocycles. The number of ether oxygens (including phenoxy) is 2. The first kappa shape index (κ1) is 17.7. The van der Waals surface area contributed by atoms with E-state index in [4.69, 9.17) is 9.47 Å². The molecule has 0 fully saturated rings. The standard InChI is InChI=1S/C23H23NO2/c1-4-19-14-20(10-12-22(19)26-17(2)3)21-11-13-23(24-15-21)25-16-18-8-6-5-7-9-18/h4-15,17H,1,16H2,2-3H3. The Morgan fingerprint density at radius 3 is 2.42 bits per heavy atom. The topological polar surface area (TPSA) is 31.4 Å². The maximum atomic E-state index is 5.81. The third-order valence-electron chi connectivity index (χ3n) is 3.89. The van der Waals surface area contributed by atoms with Crippen molar-refractivity contribution in [2.75, 3.05) is 0 Å². The van der Waals surface area contributed by atoms with Gasteiger partial charge in [0.05, 0.1) is 6.10 Å². The molecule has 0 aliphatic heterocycles. The van der Waals surface area contributed by atoms with Crippen molar-refractivity contribution in [2.24, 2.45) is 0 Å². The molecule has 0 saturated heterocycles. The van der Waals surface area contributed by atoms with Crippen LogP contribution in [0.5, 0.6) is 11.6 Å². The molecule has 3 aromatic rings. The van der Waals surface area contributed by atoms with Crippen LogP contribution in [0.1, 0.15) is 25.0 Å². The van der Waals surface area contributed by atoms with E-state index in [0.717, 1.165) is 28.0 Å². The molecular weight excluding hydrogens is 322 g/mol. The smallest absolute Gasteiger partial charge is 0.213 e. The number of hydrogen-bond donors (Lipinski definition) is 0. The molecule has 0 unspecified atom stereocenters. The fraction of sp³-hybridized carbons (Fsp3) is 0.174. The second-order valence-electron chi connectivity index (χ2n) is 6.28. The Morgan fingerprint density at radius 1 is 1.00 bits per heavy atom. The van der Waals surface area contributed by atoms with Crippen molar-refractivity contribution in [3.05, 3.63) is 84.6 Å². The van der Waals surface area contributed by atoms with Gasteiger partial charge < -0.3 is 9.47 Å². The van der Waals surface area contributed by atoms with Crippen LogP contribution in [0.15, 0.2) is 73.4 Å². The van der Waals surface area contributed by atoms with Crippen molar-refractivity contribution in [1.82, 2.24) is 4.98 Å². The summed E-state index contributed by atoms with van der Waals surface area (Å²) in [6.45, 7) is 8.42. The maximum absolute atomic E-state index is 5.81. The number of hydrogen-bond acceptors (Lipinski definition) is 3. The summed E-state index contributed by atoms with van der Waals surface area (Å²) in [7, 11) is 0. The van der Waals surface area contributed by atoms with Crippen LogP contribution >= 0.6 is 0 Å². The molecule has 2 aromatic carbocycles. The lowest BCUT2D eigenvalue weighted by atomic mass is 10.0. The highest BCUT2D eigenvalue weighted by Crippen LogP contribution is 2.28. The third kappa shape index (κ3) is 4.51. The lowest BCUT2D eigenvalue weighted by Gasteiger charge is -2.14. The molecule has 0 aliphatic rings. The van der Waals surface area contributed by atoms with E-state index in [2.05, 4.69) is 17.6 Å². The van der Waals surface area contributed by atoms with E-state index in [0.29, 0.717) is 12.5 Å². The highest BCUT2D eigenvalue weighted by molar-refractivity contribution is 5.69. The molecule has 0 radical (unpaired) electrons. The van der Waals surface area contributed by atoms with E-state index < -0.39 is 0 Å². The van der Waals surface area contributed by atoms with Crippen LogP contribution in [-0.2, 0) is 6.61 Å². The lowest BCUT2D eigenvalue weighted by Crippen LogP contribution is -2.06. The van der Waals surface area contributed by atoms with Crippen molar-refractivity contribution in [3.8, 4) is 22.8 Å². The Balaban J connectivity index is 1.72. The van der Waals surface area contributed by atoms with Crippen molar-refractivity contribution in [2.45, 2.75) is 26.6 Å². The largest absolute Gasteiger partial charge is 0.490 e. The van der Waals surface area contributed by atoms with E-state index in [9.17, 15) is 0 Å². The number of rotatable bonds is 7. The molecule has 0 N–H and O–H groups in total. The van der Waals surface area contributed by atoms with Crippen molar-refractivity contribution >= 4 is 6.08 Å². The maximum Gasteiger partial charge on any atom is 0.213 e. The number of nitrogens with zero attached hydrogens (tertiary/aromatic N) is 1. The van der Waals surface area contributed by atoms with Gasteiger partial charge in [-0.3, -0.25) is 0 Å². The summed E-state index contributed by atoms with van der Waals surface area (Å²) < 4.78 is 11.6. The normalized spacial score (nSPS) is 10.6. The summed E-state index contributed by atoms with van der Waals surface area (Å²) in [5.74, 6) is 1.45. The van der Waals surface area contributed by atoms with Gasteiger partial charge in [-0.15, -0.1) is 0 Å². The van der Waals surface area contributed by atoms with Gasteiger partial charge in [0.2, 0.25) is 5.88 Å². The number of aromatic nitrogens is 1. The fourth-order valence-corrected chi connectivity index (χ4v) is 2.62. The van der Waals surface area contributed by atoms with Crippen LogP contribution in [0.25, 0.3) is 17.2 Å². The highest BCUT2D eigenvalue weighted by atomic mass is 16.5. The molecule has 3 nitrogen and oxygen atoms in total. The second-order valence-corrected chi connectivity index (χ2v) is 6.28. The van der Waals surface area contributed by atoms with Gasteiger partial charge in [0.1, 0.15) is 12.4 Å². The molecule has 26 heavy (non-hydrogen) atoms. The fourth-order valence-electron chi connectivity index (χ4n) is 2.62. The molecule has 3 rings (SSSR count). The number of pyridine rings is 1. The second kappa shape index (κ2) is 8.34. The summed E-state index contributed by atoms with van der Waals surface area (Å²) >= 11 is 0. The molecule has 132 valence electrons. The Bertz CT molecular complexity index is 855. The minimum absolute atomic E-state index is 0.127. The molecule has 0 bridgehead atoms. The zero-order valence-corrected chi connectivity index (χ0v) is 15.2. The van der Waals surface area contributed by atoms with E-state index in [-0.39, 0.29) is 6.10 Å². The molecule has 0 spiro atoms. The van der Waals surface area contributed by atoms with E-state index in [1.807, 2.05) is 80.7 Å². The van der Waals surface area contributed by atoms with E-state index in [1.54, 1.807) is 0 Å². The number of benzene rings is 2. The van der Waals surface area contributed by atoms with Gasteiger partial charge >= 0.3 is 0 Å².